The molecule has 88 valence electrons. The number of benzene rings is 1. The van der Waals surface area contributed by atoms with Crippen molar-refractivity contribution >= 4 is 16.9 Å². The Balaban J connectivity index is 2.77. The van der Waals surface area contributed by atoms with Gasteiger partial charge in [-0.05, 0) is 18.2 Å². The second kappa shape index (κ2) is 3.82. The van der Waals surface area contributed by atoms with Crippen molar-refractivity contribution < 1.29 is 24.2 Å². The molecule has 6 heteroatoms. The summed E-state index contributed by atoms with van der Waals surface area (Å²) in [5.41, 5.74) is -0.878. The molecule has 1 heterocycles. The van der Waals surface area contributed by atoms with Crippen LogP contribution in [0, 0.1) is 0 Å². The zero-order valence-electron chi connectivity index (χ0n) is 8.76. The lowest BCUT2D eigenvalue weighted by molar-refractivity contribution is -0.132. The molecule has 2 aromatic rings. The summed E-state index contributed by atoms with van der Waals surface area (Å²) in [6.07, 6.45) is 0. The van der Waals surface area contributed by atoms with Gasteiger partial charge in [-0.1, -0.05) is 0 Å². The molecule has 2 rings (SSSR count). The van der Waals surface area contributed by atoms with Crippen molar-refractivity contribution in [3.05, 3.63) is 28.6 Å². The van der Waals surface area contributed by atoms with Gasteiger partial charge in [-0.25, -0.2) is 4.79 Å². The van der Waals surface area contributed by atoms with Gasteiger partial charge in [0.15, 0.2) is 5.75 Å². The third-order valence-electron chi connectivity index (χ3n) is 2.07. The van der Waals surface area contributed by atoms with Crippen molar-refractivity contribution in [3.8, 4) is 17.2 Å². The molecule has 0 saturated heterocycles. The molecule has 0 fully saturated rings. The Morgan fingerprint density at radius 3 is 2.71 bits per heavy atom. The summed E-state index contributed by atoms with van der Waals surface area (Å²) < 4.78 is 9.37. The highest BCUT2D eigenvalue weighted by Crippen LogP contribution is 2.33. The van der Waals surface area contributed by atoms with E-state index >= 15 is 0 Å². The highest BCUT2D eigenvalue weighted by Gasteiger charge is 2.17. The van der Waals surface area contributed by atoms with E-state index in [0.29, 0.717) is 0 Å². The average molecular weight is 236 g/mol. The highest BCUT2D eigenvalue weighted by atomic mass is 16.6. The Bertz CT molecular complexity index is 655. The molecule has 0 spiro atoms. The van der Waals surface area contributed by atoms with Crippen LogP contribution in [-0.2, 0) is 4.79 Å². The predicted octanol–water partition coefficient (Wildman–Crippen LogP) is 1.13. The molecule has 2 N–H and O–H groups in total. The zero-order chi connectivity index (χ0) is 12.6. The number of phenols is 1. The highest BCUT2D eigenvalue weighted by molar-refractivity contribution is 5.87. The molecule has 0 amide bonds. The number of hydrogen-bond acceptors (Lipinski definition) is 6. The standard InChI is InChI=1S/C11H8O6/c1-5(12)16-10-9(14)7-4-6(13)2-3-8(7)17-11(10)15/h2-4,13-14H,1H3. The van der Waals surface area contributed by atoms with Crippen LogP contribution < -0.4 is 10.4 Å². The van der Waals surface area contributed by atoms with Crippen molar-refractivity contribution in [2.75, 3.05) is 0 Å². The minimum absolute atomic E-state index is 0.0841. The van der Waals surface area contributed by atoms with Crippen molar-refractivity contribution in [3.63, 3.8) is 0 Å². The van der Waals surface area contributed by atoms with Gasteiger partial charge in [0.2, 0.25) is 0 Å². The number of esters is 1. The maximum absolute atomic E-state index is 11.4. The van der Waals surface area contributed by atoms with Gasteiger partial charge in [-0.2, -0.15) is 0 Å². The van der Waals surface area contributed by atoms with Crippen LogP contribution in [-0.4, -0.2) is 16.2 Å². The summed E-state index contributed by atoms with van der Waals surface area (Å²) in [5, 5.41) is 19.1. The minimum Gasteiger partial charge on any atom is -0.508 e. The topological polar surface area (TPSA) is 97.0 Å². The van der Waals surface area contributed by atoms with E-state index in [2.05, 4.69) is 4.74 Å². The van der Waals surface area contributed by atoms with Crippen LogP contribution in [0.2, 0.25) is 0 Å². The lowest BCUT2D eigenvalue weighted by atomic mass is 10.2. The lowest BCUT2D eigenvalue weighted by Gasteiger charge is -2.05. The Morgan fingerprint density at radius 1 is 1.35 bits per heavy atom. The van der Waals surface area contributed by atoms with Crippen LogP contribution in [0.3, 0.4) is 0 Å². The second-order valence-electron chi connectivity index (χ2n) is 3.34. The van der Waals surface area contributed by atoms with E-state index in [9.17, 15) is 19.8 Å². The molecule has 1 aromatic carbocycles. The monoisotopic (exact) mass is 236 g/mol. The number of fused-ring (bicyclic) bond motifs is 1. The first-order valence-electron chi connectivity index (χ1n) is 4.66. The van der Waals surface area contributed by atoms with E-state index in [4.69, 9.17) is 4.42 Å². The van der Waals surface area contributed by atoms with Crippen LogP contribution in [0.1, 0.15) is 6.92 Å². The maximum atomic E-state index is 11.4. The number of hydrogen-bond donors (Lipinski definition) is 2. The van der Waals surface area contributed by atoms with Crippen molar-refractivity contribution in [1.29, 1.82) is 0 Å². The van der Waals surface area contributed by atoms with Crippen LogP contribution in [0.4, 0.5) is 0 Å². The first kappa shape index (κ1) is 11.0. The molecular formula is C11H8O6. The number of aromatic hydroxyl groups is 2. The third kappa shape index (κ3) is 1.92. The van der Waals surface area contributed by atoms with Gasteiger partial charge in [0, 0.05) is 6.92 Å². The van der Waals surface area contributed by atoms with Crippen LogP contribution in [0.25, 0.3) is 11.0 Å². The molecule has 0 aliphatic heterocycles. The number of phenolic OH excluding ortho intramolecular Hbond substituents is 1. The first-order chi connectivity index (χ1) is 7.99. The van der Waals surface area contributed by atoms with Gasteiger partial charge in [-0.15, -0.1) is 0 Å². The Hall–Kier alpha value is -2.50. The smallest absolute Gasteiger partial charge is 0.383 e. The van der Waals surface area contributed by atoms with E-state index in [1.165, 1.54) is 18.2 Å². The molecule has 0 aliphatic rings. The largest absolute Gasteiger partial charge is 0.508 e. The minimum atomic E-state index is -0.962. The van der Waals surface area contributed by atoms with Gasteiger partial charge in [0.05, 0.1) is 5.39 Å². The summed E-state index contributed by atoms with van der Waals surface area (Å²) >= 11 is 0. The number of rotatable bonds is 1. The average Bonchev–Trinajstić information content (AvgIpc) is 2.25. The molecule has 17 heavy (non-hydrogen) atoms. The molecule has 6 nitrogen and oxygen atoms in total. The Kier molecular flexibility index (Phi) is 2.47. The second-order valence-corrected chi connectivity index (χ2v) is 3.34. The summed E-state index contributed by atoms with van der Waals surface area (Å²) in [6.45, 7) is 1.09. The fourth-order valence-electron chi connectivity index (χ4n) is 1.39. The van der Waals surface area contributed by atoms with Gasteiger partial charge >= 0.3 is 11.6 Å². The Labute approximate surface area is 94.7 Å². The fourth-order valence-corrected chi connectivity index (χ4v) is 1.39. The van der Waals surface area contributed by atoms with Crippen molar-refractivity contribution in [2.24, 2.45) is 0 Å². The lowest BCUT2D eigenvalue weighted by Crippen LogP contribution is -2.11. The van der Waals surface area contributed by atoms with E-state index in [1.807, 2.05) is 0 Å². The quantitative estimate of drug-likeness (QED) is 0.569. The fraction of sp³-hybridized carbons (Fsp3) is 0.0909. The number of carbonyl (C=O) groups excluding carboxylic acids is 1. The van der Waals surface area contributed by atoms with Gasteiger partial charge in [0.25, 0.3) is 5.75 Å². The first-order valence-corrected chi connectivity index (χ1v) is 4.66. The van der Waals surface area contributed by atoms with Gasteiger partial charge < -0.3 is 19.4 Å². The molecule has 0 unspecified atom stereocenters. The molecule has 0 aliphatic carbocycles. The summed E-state index contributed by atoms with van der Waals surface area (Å²) in [6, 6.07) is 3.82. The SMILES string of the molecule is CC(=O)Oc1c(O)c2cc(O)ccc2oc1=O. The summed E-state index contributed by atoms with van der Waals surface area (Å²) in [5.74, 6) is -2.00. The van der Waals surface area contributed by atoms with Gasteiger partial charge in [-0.3, -0.25) is 4.79 Å². The van der Waals surface area contributed by atoms with Gasteiger partial charge in [0.1, 0.15) is 11.3 Å². The molecule has 0 radical (unpaired) electrons. The summed E-state index contributed by atoms with van der Waals surface area (Å²) in [7, 11) is 0. The van der Waals surface area contributed by atoms with Crippen molar-refractivity contribution in [2.45, 2.75) is 6.92 Å². The zero-order valence-corrected chi connectivity index (χ0v) is 8.76. The van der Waals surface area contributed by atoms with Crippen LogP contribution in [0.15, 0.2) is 27.4 Å². The molecule has 0 saturated carbocycles. The van der Waals surface area contributed by atoms with E-state index in [1.54, 1.807) is 0 Å². The molecule has 1 aromatic heterocycles. The maximum Gasteiger partial charge on any atom is 0.383 e. The van der Waals surface area contributed by atoms with Crippen molar-refractivity contribution in [1.82, 2.24) is 0 Å². The van der Waals surface area contributed by atoms with Crippen LogP contribution in [0.5, 0.6) is 17.2 Å². The number of carbonyl (C=O) groups is 1. The molecule has 0 bridgehead atoms. The molecular weight excluding hydrogens is 228 g/mol. The predicted molar refractivity (Wildman–Crippen MR) is 57.1 cm³/mol. The Morgan fingerprint density at radius 2 is 2.06 bits per heavy atom. The third-order valence-corrected chi connectivity index (χ3v) is 2.07. The molecule has 0 atom stereocenters. The summed E-state index contributed by atoms with van der Waals surface area (Å²) in [4.78, 5) is 22.2. The van der Waals surface area contributed by atoms with E-state index in [-0.39, 0.29) is 16.7 Å². The van der Waals surface area contributed by atoms with E-state index in [0.717, 1.165) is 6.92 Å². The number of ether oxygens (including phenoxy) is 1. The van der Waals surface area contributed by atoms with Crippen LogP contribution >= 0.6 is 0 Å². The van der Waals surface area contributed by atoms with E-state index < -0.39 is 23.1 Å². The normalized spacial score (nSPS) is 10.4.